The van der Waals surface area contributed by atoms with Crippen LogP contribution < -0.4 is 10.2 Å². The molecule has 1 amide bonds. The number of carbonyl (C=O) groups excluding carboxylic acids is 1. The molecule has 1 saturated heterocycles. The molecule has 0 bridgehead atoms. The van der Waals surface area contributed by atoms with E-state index in [2.05, 4.69) is 56.3 Å². The number of amides is 1. The van der Waals surface area contributed by atoms with E-state index in [0.717, 1.165) is 39.3 Å². The molecule has 1 atom stereocenters. The maximum Gasteiger partial charge on any atom is 0.287 e. The van der Waals surface area contributed by atoms with Crippen LogP contribution in [0.15, 0.2) is 39.4 Å². The Morgan fingerprint density at radius 1 is 1.22 bits per heavy atom. The van der Waals surface area contributed by atoms with Gasteiger partial charge < -0.3 is 19.4 Å². The molecule has 6 nitrogen and oxygen atoms in total. The largest absolute Gasteiger partial charge is 0.444 e. The van der Waals surface area contributed by atoms with E-state index in [4.69, 9.17) is 9.15 Å². The number of halogens is 1. The summed E-state index contributed by atoms with van der Waals surface area (Å²) in [5.74, 6) is 0.123. The van der Waals surface area contributed by atoms with Crippen molar-refractivity contribution in [3.05, 3.63) is 51.9 Å². The summed E-state index contributed by atoms with van der Waals surface area (Å²) in [4.78, 5) is 17.1. The Bertz CT molecular complexity index is 817. The maximum atomic E-state index is 12.4. The lowest BCUT2D eigenvalue weighted by Gasteiger charge is -2.35. The normalized spacial score (nSPS) is 18.4. The summed E-state index contributed by atoms with van der Waals surface area (Å²) in [6, 6.07) is 10.2. The molecule has 1 N–H and O–H groups in total. The van der Waals surface area contributed by atoms with Gasteiger partial charge in [-0.15, -0.1) is 0 Å². The van der Waals surface area contributed by atoms with Gasteiger partial charge in [0.05, 0.1) is 19.3 Å². The SMILES string of the molecule is CN1CCc2cc([C@H](CNC(=O)c3ccc(Br)o3)N3CCOCC3)ccc21. The molecule has 7 heteroatoms. The number of rotatable bonds is 5. The number of furan rings is 1. The predicted molar refractivity (Wildman–Crippen MR) is 107 cm³/mol. The second-order valence-electron chi connectivity index (χ2n) is 7.04. The van der Waals surface area contributed by atoms with E-state index in [1.807, 2.05) is 0 Å². The lowest BCUT2D eigenvalue weighted by atomic mass is 10.0. The Morgan fingerprint density at radius 2 is 2.04 bits per heavy atom. The van der Waals surface area contributed by atoms with Crippen LogP contribution in [0, 0.1) is 0 Å². The highest BCUT2D eigenvalue weighted by atomic mass is 79.9. The fourth-order valence-electron chi connectivity index (χ4n) is 3.85. The number of morpholine rings is 1. The third-order valence-electron chi connectivity index (χ3n) is 5.36. The summed E-state index contributed by atoms with van der Waals surface area (Å²) in [6.45, 7) is 4.77. The molecule has 2 aliphatic heterocycles. The highest BCUT2D eigenvalue weighted by Crippen LogP contribution is 2.31. The number of hydrogen-bond acceptors (Lipinski definition) is 5. The Labute approximate surface area is 167 Å². The molecule has 1 aromatic carbocycles. The van der Waals surface area contributed by atoms with Crippen molar-refractivity contribution in [1.82, 2.24) is 10.2 Å². The van der Waals surface area contributed by atoms with Gasteiger partial charge in [-0.25, -0.2) is 0 Å². The number of ether oxygens (including phenoxy) is 1. The minimum absolute atomic E-state index is 0.118. The van der Waals surface area contributed by atoms with Gasteiger partial charge >= 0.3 is 0 Å². The minimum atomic E-state index is -0.195. The Balaban J connectivity index is 1.53. The van der Waals surface area contributed by atoms with Crippen molar-refractivity contribution in [1.29, 1.82) is 0 Å². The molecule has 2 aliphatic rings. The monoisotopic (exact) mass is 433 g/mol. The molecule has 3 heterocycles. The van der Waals surface area contributed by atoms with Crippen LogP contribution in [0.4, 0.5) is 5.69 Å². The number of nitrogens with zero attached hydrogens (tertiary/aromatic N) is 2. The molecule has 0 spiro atoms. The van der Waals surface area contributed by atoms with Gasteiger partial charge in [0, 0.05) is 38.9 Å². The topological polar surface area (TPSA) is 58.0 Å². The third kappa shape index (κ3) is 4.05. The third-order valence-corrected chi connectivity index (χ3v) is 5.78. The maximum absolute atomic E-state index is 12.4. The van der Waals surface area contributed by atoms with Crippen LogP contribution in [0.25, 0.3) is 0 Å². The van der Waals surface area contributed by atoms with Crippen LogP contribution in [0.2, 0.25) is 0 Å². The molecule has 0 aliphatic carbocycles. The van der Waals surface area contributed by atoms with E-state index >= 15 is 0 Å². The van der Waals surface area contributed by atoms with E-state index in [1.54, 1.807) is 12.1 Å². The van der Waals surface area contributed by atoms with Crippen molar-refractivity contribution in [2.45, 2.75) is 12.5 Å². The van der Waals surface area contributed by atoms with Crippen molar-refractivity contribution in [3.8, 4) is 0 Å². The molecule has 144 valence electrons. The molecule has 0 unspecified atom stereocenters. The van der Waals surface area contributed by atoms with Crippen LogP contribution in [0.3, 0.4) is 0 Å². The second kappa shape index (κ2) is 8.04. The summed E-state index contributed by atoms with van der Waals surface area (Å²) in [5, 5.41) is 3.04. The van der Waals surface area contributed by atoms with Crippen LogP contribution in [-0.4, -0.2) is 57.2 Å². The van der Waals surface area contributed by atoms with E-state index in [0.29, 0.717) is 17.0 Å². The zero-order valence-corrected chi connectivity index (χ0v) is 17.0. The molecule has 1 aromatic heterocycles. The quantitative estimate of drug-likeness (QED) is 0.785. The summed E-state index contributed by atoms with van der Waals surface area (Å²) in [6.07, 6.45) is 1.07. The zero-order chi connectivity index (χ0) is 18.8. The second-order valence-corrected chi connectivity index (χ2v) is 7.82. The lowest BCUT2D eigenvalue weighted by Crippen LogP contribution is -2.43. The van der Waals surface area contributed by atoms with Gasteiger partial charge in [-0.3, -0.25) is 9.69 Å². The first-order valence-corrected chi connectivity index (χ1v) is 10.1. The number of anilines is 1. The molecular formula is C20H24BrN3O3. The van der Waals surface area contributed by atoms with Gasteiger partial charge in [-0.05, 0) is 51.7 Å². The standard InChI is InChI=1S/C20H24BrN3O3/c1-23-7-6-15-12-14(2-3-16(15)23)17(24-8-10-26-11-9-24)13-22-20(25)18-4-5-19(21)27-18/h2-5,12,17H,6-11,13H2,1H3,(H,22,25)/t17-/m0/s1. The Morgan fingerprint density at radius 3 is 2.78 bits per heavy atom. The first kappa shape index (κ1) is 18.5. The highest BCUT2D eigenvalue weighted by Gasteiger charge is 2.26. The molecule has 0 saturated carbocycles. The summed E-state index contributed by atoms with van der Waals surface area (Å²) < 4.78 is 11.4. The van der Waals surface area contributed by atoms with Crippen molar-refractivity contribution < 1.29 is 13.9 Å². The number of fused-ring (bicyclic) bond motifs is 1. The molecule has 4 rings (SSSR count). The van der Waals surface area contributed by atoms with E-state index in [-0.39, 0.29) is 11.9 Å². The van der Waals surface area contributed by atoms with Crippen molar-refractivity contribution in [2.24, 2.45) is 0 Å². The molecule has 0 radical (unpaired) electrons. The van der Waals surface area contributed by atoms with Crippen molar-refractivity contribution in [2.75, 3.05) is 51.3 Å². The van der Waals surface area contributed by atoms with Gasteiger partial charge in [0.1, 0.15) is 0 Å². The van der Waals surface area contributed by atoms with Gasteiger partial charge in [0.2, 0.25) is 0 Å². The smallest absolute Gasteiger partial charge is 0.287 e. The minimum Gasteiger partial charge on any atom is -0.444 e. The van der Waals surface area contributed by atoms with Gasteiger partial charge in [-0.1, -0.05) is 12.1 Å². The van der Waals surface area contributed by atoms with Crippen molar-refractivity contribution in [3.63, 3.8) is 0 Å². The van der Waals surface area contributed by atoms with Crippen LogP contribution in [0.5, 0.6) is 0 Å². The van der Waals surface area contributed by atoms with E-state index in [9.17, 15) is 4.79 Å². The molecular weight excluding hydrogens is 410 g/mol. The predicted octanol–water partition coefficient (Wildman–Crippen LogP) is 2.84. The van der Waals surface area contributed by atoms with Crippen LogP contribution in [0.1, 0.15) is 27.7 Å². The van der Waals surface area contributed by atoms with Gasteiger partial charge in [0.15, 0.2) is 10.4 Å². The first-order valence-electron chi connectivity index (χ1n) is 9.31. The lowest BCUT2D eigenvalue weighted by molar-refractivity contribution is 0.0161. The average Bonchev–Trinajstić information content (AvgIpc) is 3.29. The molecule has 2 aromatic rings. The number of hydrogen-bond donors (Lipinski definition) is 1. The summed E-state index contributed by atoms with van der Waals surface area (Å²) >= 11 is 3.24. The highest BCUT2D eigenvalue weighted by molar-refractivity contribution is 9.10. The number of benzene rings is 1. The molecule has 27 heavy (non-hydrogen) atoms. The zero-order valence-electron chi connectivity index (χ0n) is 15.4. The van der Waals surface area contributed by atoms with Crippen molar-refractivity contribution >= 4 is 27.5 Å². The van der Waals surface area contributed by atoms with Crippen LogP contribution in [-0.2, 0) is 11.2 Å². The average molecular weight is 434 g/mol. The number of likely N-dealkylation sites (N-methyl/N-ethyl adjacent to an activating group) is 1. The van der Waals surface area contributed by atoms with E-state index in [1.165, 1.54) is 16.8 Å². The Hall–Kier alpha value is -1.83. The Kier molecular flexibility index (Phi) is 5.52. The van der Waals surface area contributed by atoms with Gasteiger partial charge in [-0.2, -0.15) is 0 Å². The number of carbonyl (C=O) groups is 1. The molecule has 1 fully saturated rings. The first-order chi connectivity index (χ1) is 13.1. The van der Waals surface area contributed by atoms with Gasteiger partial charge in [0.25, 0.3) is 5.91 Å². The fourth-order valence-corrected chi connectivity index (χ4v) is 4.16. The van der Waals surface area contributed by atoms with E-state index < -0.39 is 0 Å². The number of nitrogens with one attached hydrogen (secondary N) is 1. The summed E-state index contributed by atoms with van der Waals surface area (Å²) in [5.41, 5.74) is 3.94. The fraction of sp³-hybridized carbons (Fsp3) is 0.450. The summed E-state index contributed by atoms with van der Waals surface area (Å²) in [7, 11) is 2.13. The van der Waals surface area contributed by atoms with Crippen LogP contribution >= 0.6 is 15.9 Å².